The van der Waals surface area contributed by atoms with Crippen LogP contribution in [-0.4, -0.2) is 24.9 Å². The van der Waals surface area contributed by atoms with E-state index in [9.17, 15) is 4.79 Å². The standard InChI is InChI=1S/C16H17N5OS/c1-2-3-6-10-20-14(22)12-7-4-5-8-13(12)21-15(20)18-19-16(21)23-11-9-17/h4-5,7-8H,2-3,6,10-11H2,1H3. The van der Waals surface area contributed by atoms with E-state index in [0.29, 0.717) is 28.6 Å². The number of unbranched alkanes of at least 4 members (excludes halogenated alkanes) is 2. The third-order valence-electron chi connectivity index (χ3n) is 3.73. The van der Waals surface area contributed by atoms with Gasteiger partial charge in [0.15, 0.2) is 5.16 Å². The normalized spacial score (nSPS) is 11.1. The Morgan fingerprint density at radius 3 is 2.87 bits per heavy atom. The van der Waals surface area contributed by atoms with Crippen molar-refractivity contribution in [1.82, 2.24) is 19.2 Å². The summed E-state index contributed by atoms with van der Waals surface area (Å²) in [6, 6.07) is 9.56. The monoisotopic (exact) mass is 327 g/mol. The van der Waals surface area contributed by atoms with Gasteiger partial charge in [0.1, 0.15) is 0 Å². The number of thioether (sulfide) groups is 1. The van der Waals surface area contributed by atoms with Crippen LogP contribution in [0, 0.1) is 11.3 Å². The molecule has 0 saturated heterocycles. The zero-order chi connectivity index (χ0) is 16.2. The van der Waals surface area contributed by atoms with E-state index in [1.165, 1.54) is 11.8 Å². The second kappa shape index (κ2) is 6.84. The summed E-state index contributed by atoms with van der Waals surface area (Å²) >= 11 is 1.33. The van der Waals surface area contributed by atoms with E-state index in [1.807, 2.05) is 28.7 Å². The van der Waals surface area contributed by atoms with Gasteiger partial charge in [0.25, 0.3) is 5.56 Å². The molecule has 0 unspecified atom stereocenters. The van der Waals surface area contributed by atoms with Crippen LogP contribution in [0.2, 0.25) is 0 Å². The van der Waals surface area contributed by atoms with Gasteiger partial charge in [-0.1, -0.05) is 43.7 Å². The number of aromatic nitrogens is 4. The maximum atomic E-state index is 12.8. The molecule has 1 aromatic carbocycles. The molecule has 0 saturated carbocycles. The molecule has 3 aromatic rings. The maximum Gasteiger partial charge on any atom is 0.262 e. The first-order chi connectivity index (χ1) is 11.3. The molecule has 3 rings (SSSR count). The average molecular weight is 327 g/mol. The summed E-state index contributed by atoms with van der Waals surface area (Å²) in [5.74, 6) is 0.842. The van der Waals surface area contributed by atoms with Crippen LogP contribution in [0.4, 0.5) is 0 Å². The highest BCUT2D eigenvalue weighted by molar-refractivity contribution is 7.99. The molecule has 6 nitrogen and oxygen atoms in total. The summed E-state index contributed by atoms with van der Waals surface area (Å²) in [6.45, 7) is 2.76. The van der Waals surface area contributed by atoms with Crippen LogP contribution < -0.4 is 5.56 Å². The number of hydrogen-bond donors (Lipinski definition) is 0. The van der Waals surface area contributed by atoms with Crippen LogP contribution in [-0.2, 0) is 6.54 Å². The minimum Gasteiger partial charge on any atom is -0.276 e. The summed E-state index contributed by atoms with van der Waals surface area (Å²) in [5, 5.41) is 18.5. The van der Waals surface area contributed by atoms with E-state index in [1.54, 1.807) is 4.57 Å². The molecule has 0 fully saturated rings. The highest BCUT2D eigenvalue weighted by Crippen LogP contribution is 2.21. The number of aryl methyl sites for hydroxylation is 1. The SMILES string of the molecule is CCCCCn1c(=O)c2ccccc2n2c(SCC#N)nnc12. The van der Waals surface area contributed by atoms with Crippen LogP contribution in [0.1, 0.15) is 26.2 Å². The van der Waals surface area contributed by atoms with Crippen molar-refractivity contribution in [3.8, 4) is 6.07 Å². The molecule has 0 radical (unpaired) electrons. The Kier molecular flexibility index (Phi) is 4.63. The van der Waals surface area contributed by atoms with E-state index in [0.717, 1.165) is 24.8 Å². The second-order valence-electron chi connectivity index (χ2n) is 5.25. The van der Waals surface area contributed by atoms with Crippen LogP contribution in [0.5, 0.6) is 0 Å². The second-order valence-corrected chi connectivity index (χ2v) is 6.19. The Labute approximate surface area is 137 Å². The van der Waals surface area contributed by atoms with E-state index in [2.05, 4.69) is 23.2 Å². The quantitative estimate of drug-likeness (QED) is 0.514. The van der Waals surface area contributed by atoms with Gasteiger partial charge in [0.05, 0.1) is 22.7 Å². The number of fused-ring (bicyclic) bond motifs is 3. The number of hydrogen-bond acceptors (Lipinski definition) is 5. The van der Waals surface area contributed by atoms with E-state index in [4.69, 9.17) is 5.26 Å². The van der Waals surface area contributed by atoms with Crippen LogP contribution >= 0.6 is 11.8 Å². The molecule has 0 N–H and O–H groups in total. The third kappa shape index (κ3) is 2.82. The summed E-state index contributed by atoms with van der Waals surface area (Å²) in [7, 11) is 0. The number of benzene rings is 1. The summed E-state index contributed by atoms with van der Waals surface area (Å²) in [5.41, 5.74) is 0.748. The van der Waals surface area contributed by atoms with E-state index in [-0.39, 0.29) is 5.56 Å². The molecule has 0 amide bonds. The van der Waals surface area contributed by atoms with Gasteiger partial charge < -0.3 is 0 Å². The Bertz CT molecular complexity index is 937. The Morgan fingerprint density at radius 1 is 1.26 bits per heavy atom. The van der Waals surface area contributed by atoms with Crippen molar-refractivity contribution in [2.24, 2.45) is 0 Å². The molecule has 0 aliphatic carbocycles. The zero-order valence-corrected chi connectivity index (χ0v) is 13.7. The fraction of sp³-hybridized carbons (Fsp3) is 0.375. The largest absolute Gasteiger partial charge is 0.276 e. The number of nitrogens with zero attached hydrogens (tertiary/aromatic N) is 5. The Hall–Kier alpha value is -2.33. The molecule has 118 valence electrons. The molecule has 2 aromatic heterocycles. The molecule has 0 aliphatic rings. The molecular weight excluding hydrogens is 310 g/mol. The number of nitriles is 1. The number of rotatable bonds is 6. The molecule has 2 heterocycles. The lowest BCUT2D eigenvalue weighted by Crippen LogP contribution is -2.23. The van der Waals surface area contributed by atoms with E-state index >= 15 is 0 Å². The van der Waals surface area contributed by atoms with Gasteiger partial charge >= 0.3 is 0 Å². The molecule has 0 aliphatic heterocycles. The van der Waals surface area contributed by atoms with Crippen molar-refractivity contribution in [2.45, 2.75) is 37.9 Å². The molecule has 0 bridgehead atoms. The van der Waals surface area contributed by atoms with Crippen molar-refractivity contribution >= 4 is 28.4 Å². The van der Waals surface area contributed by atoms with Gasteiger partial charge in [-0.2, -0.15) is 5.26 Å². The summed E-state index contributed by atoms with van der Waals surface area (Å²) in [4.78, 5) is 12.8. The predicted octanol–water partition coefficient (Wildman–Crippen LogP) is 2.85. The van der Waals surface area contributed by atoms with Gasteiger partial charge in [0.2, 0.25) is 5.78 Å². The van der Waals surface area contributed by atoms with Crippen LogP contribution in [0.15, 0.2) is 34.2 Å². The van der Waals surface area contributed by atoms with Crippen LogP contribution in [0.25, 0.3) is 16.7 Å². The van der Waals surface area contributed by atoms with Gasteiger partial charge in [0, 0.05) is 6.54 Å². The minimum atomic E-state index is -0.0339. The first-order valence-electron chi connectivity index (χ1n) is 7.64. The molecule has 0 atom stereocenters. The highest BCUT2D eigenvalue weighted by atomic mass is 32.2. The fourth-order valence-corrected chi connectivity index (χ4v) is 3.25. The highest BCUT2D eigenvalue weighted by Gasteiger charge is 2.16. The van der Waals surface area contributed by atoms with Crippen molar-refractivity contribution in [2.75, 3.05) is 5.75 Å². The number of para-hydroxylation sites is 1. The molecule has 23 heavy (non-hydrogen) atoms. The third-order valence-corrected chi connectivity index (χ3v) is 4.53. The van der Waals surface area contributed by atoms with Gasteiger partial charge in [-0.05, 0) is 18.6 Å². The molecular formula is C16H17N5OS. The van der Waals surface area contributed by atoms with Gasteiger partial charge in [-0.15, -0.1) is 10.2 Å². The van der Waals surface area contributed by atoms with Gasteiger partial charge in [-0.3, -0.25) is 13.8 Å². The van der Waals surface area contributed by atoms with Crippen molar-refractivity contribution in [3.05, 3.63) is 34.6 Å². The Morgan fingerprint density at radius 2 is 2.09 bits per heavy atom. The van der Waals surface area contributed by atoms with Crippen molar-refractivity contribution in [3.63, 3.8) is 0 Å². The lowest BCUT2D eigenvalue weighted by molar-refractivity contribution is 0.594. The smallest absolute Gasteiger partial charge is 0.262 e. The van der Waals surface area contributed by atoms with Gasteiger partial charge in [-0.25, -0.2) is 0 Å². The summed E-state index contributed by atoms with van der Waals surface area (Å²) in [6.07, 6.45) is 3.09. The lowest BCUT2D eigenvalue weighted by Gasteiger charge is -2.10. The topological polar surface area (TPSA) is 76.0 Å². The molecule has 0 spiro atoms. The zero-order valence-electron chi connectivity index (χ0n) is 12.9. The first-order valence-corrected chi connectivity index (χ1v) is 8.63. The van der Waals surface area contributed by atoms with E-state index < -0.39 is 0 Å². The first kappa shape index (κ1) is 15.6. The fourth-order valence-electron chi connectivity index (χ4n) is 2.65. The van der Waals surface area contributed by atoms with Crippen molar-refractivity contribution in [1.29, 1.82) is 5.26 Å². The van der Waals surface area contributed by atoms with Crippen molar-refractivity contribution < 1.29 is 0 Å². The molecule has 7 heteroatoms. The predicted molar refractivity (Wildman–Crippen MR) is 90.6 cm³/mol. The Balaban J connectivity index is 2.25. The average Bonchev–Trinajstić information content (AvgIpc) is 3.00. The van der Waals surface area contributed by atoms with Crippen LogP contribution in [0.3, 0.4) is 0 Å². The summed E-state index contributed by atoms with van der Waals surface area (Å²) < 4.78 is 3.58. The maximum absolute atomic E-state index is 12.8. The minimum absolute atomic E-state index is 0.0339. The lowest BCUT2D eigenvalue weighted by atomic mass is 10.2.